The number of rotatable bonds is 8. The molecule has 0 amide bonds. The van der Waals surface area contributed by atoms with Crippen LogP contribution in [0, 0.1) is 22.7 Å². The van der Waals surface area contributed by atoms with E-state index in [1.54, 1.807) is 18.2 Å². The van der Waals surface area contributed by atoms with Gasteiger partial charge in [-0.05, 0) is 47.5 Å². The first kappa shape index (κ1) is 25.5. The standard InChI is InChI=1S/C28H27ClN4O3/c29-25-15-24(36-14-13-34)9-10-26(25)33-12-11-32(18-27(33)22-5-1-20(16-30)2-6-22)28(19-35)23-7-3-21(17-31)4-8-23/h1-10,15,27-28,34-35H,11-14,18-19H2/t27-,28-/m0/s1. The lowest BCUT2D eigenvalue weighted by molar-refractivity contribution is 0.103. The normalized spacial score (nSPS) is 16.7. The summed E-state index contributed by atoms with van der Waals surface area (Å²) in [6, 6.07) is 24.4. The molecule has 1 fully saturated rings. The summed E-state index contributed by atoms with van der Waals surface area (Å²) in [5.41, 5.74) is 4.02. The van der Waals surface area contributed by atoms with Crippen molar-refractivity contribution in [3.05, 3.63) is 94.0 Å². The van der Waals surface area contributed by atoms with Gasteiger partial charge in [-0.25, -0.2) is 0 Å². The number of hydrogen-bond donors (Lipinski definition) is 2. The molecule has 8 heteroatoms. The Morgan fingerprint density at radius 3 is 2.19 bits per heavy atom. The van der Waals surface area contributed by atoms with Crippen molar-refractivity contribution < 1.29 is 14.9 Å². The molecule has 1 heterocycles. The van der Waals surface area contributed by atoms with Crippen LogP contribution in [0.1, 0.15) is 34.3 Å². The van der Waals surface area contributed by atoms with Crippen LogP contribution in [0.25, 0.3) is 0 Å². The van der Waals surface area contributed by atoms with E-state index in [2.05, 4.69) is 21.9 Å². The molecule has 4 rings (SSSR count). The molecular weight excluding hydrogens is 476 g/mol. The Labute approximate surface area is 215 Å². The first-order valence-corrected chi connectivity index (χ1v) is 12.1. The quantitative estimate of drug-likeness (QED) is 0.479. The summed E-state index contributed by atoms with van der Waals surface area (Å²) < 4.78 is 5.50. The van der Waals surface area contributed by atoms with E-state index in [1.165, 1.54) is 0 Å². The van der Waals surface area contributed by atoms with E-state index in [0.29, 0.717) is 41.5 Å². The van der Waals surface area contributed by atoms with Gasteiger partial charge in [0.25, 0.3) is 0 Å². The van der Waals surface area contributed by atoms with Crippen LogP contribution < -0.4 is 9.64 Å². The minimum absolute atomic E-state index is 0.0519. The van der Waals surface area contributed by atoms with Crippen molar-refractivity contribution in [1.29, 1.82) is 10.5 Å². The van der Waals surface area contributed by atoms with Crippen molar-refractivity contribution in [3.63, 3.8) is 0 Å². The number of aliphatic hydroxyl groups excluding tert-OH is 2. The van der Waals surface area contributed by atoms with Crippen molar-refractivity contribution in [2.24, 2.45) is 0 Å². The van der Waals surface area contributed by atoms with Gasteiger partial charge in [-0.15, -0.1) is 0 Å². The lowest BCUT2D eigenvalue weighted by atomic mass is 9.97. The number of aliphatic hydroxyl groups is 2. The van der Waals surface area contributed by atoms with Gasteiger partial charge in [-0.2, -0.15) is 10.5 Å². The number of halogens is 1. The first-order valence-electron chi connectivity index (χ1n) is 11.7. The molecule has 1 saturated heterocycles. The second-order valence-corrected chi connectivity index (χ2v) is 8.96. The number of nitriles is 2. The topological polar surface area (TPSA) is 104 Å². The van der Waals surface area contributed by atoms with Crippen LogP contribution >= 0.6 is 11.6 Å². The average molecular weight is 503 g/mol. The van der Waals surface area contributed by atoms with Gasteiger partial charge in [0.05, 0.1) is 59.3 Å². The molecule has 7 nitrogen and oxygen atoms in total. The third kappa shape index (κ3) is 5.62. The molecule has 2 N–H and O–H groups in total. The fourth-order valence-corrected chi connectivity index (χ4v) is 4.90. The lowest BCUT2D eigenvalue weighted by Crippen LogP contribution is -2.50. The van der Waals surface area contributed by atoms with Crippen LogP contribution in [0.5, 0.6) is 5.75 Å². The maximum absolute atomic E-state index is 10.3. The van der Waals surface area contributed by atoms with Crippen LogP contribution in [0.3, 0.4) is 0 Å². The molecule has 1 aliphatic rings. The molecular formula is C28H27ClN4O3. The highest BCUT2D eigenvalue weighted by molar-refractivity contribution is 6.33. The van der Waals surface area contributed by atoms with Gasteiger partial charge in [0.1, 0.15) is 12.4 Å². The summed E-state index contributed by atoms with van der Waals surface area (Å²) in [4.78, 5) is 4.48. The zero-order valence-corrected chi connectivity index (χ0v) is 20.5. The number of benzene rings is 3. The maximum Gasteiger partial charge on any atom is 0.121 e. The zero-order chi connectivity index (χ0) is 25.5. The third-order valence-electron chi connectivity index (χ3n) is 6.46. The SMILES string of the molecule is N#Cc1ccc([C@H](CO)N2CCN(c3ccc(OCCO)cc3Cl)[C@H](c3ccc(C#N)cc3)C2)cc1. The Hall–Kier alpha value is -3.59. The van der Waals surface area contributed by atoms with Crippen LogP contribution in [0.4, 0.5) is 5.69 Å². The zero-order valence-electron chi connectivity index (χ0n) is 19.7. The molecule has 0 radical (unpaired) electrons. The van der Waals surface area contributed by atoms with E-state index in [0.717, 1.165) is 16.8 Å². The van der Waals surface area contributed by atoms with Gasteiger partial charge in [0, 0.05) is 25.7 Å². The number of ether oxygens (including phenoxy) is 1. The third-order valence-corrected chi connectivity index (χ3v) is 6.77. The highest BCUT2D eigenvalue weighted by Crippen LogP contribution is 2.38. The lowest BCUT2D eigenvalue weighted by Gasteiger charge is -2.46. The molecule has 184 valence electrons. The van der Waals surface area contributed by atoms with E-state index >= 15 is 0 Å². The largest absolute Gasteiger partial charge is 0.491 e. The highest BCUT2D eigenvalue weighted by Gasteiger charge is 2.33. The summed E-state index contributed by atoms with van der Waals surface area (Å²) in [5.74, 6) is 0.590. The van der Waals surface area contributed by atoms with Crippen molar-refractivity contribution >= 4 is 17.3 Å². The van der Waals surface area contributed by atoms with Gasteiger partial charge >= 0.3 is 0 Å². The smallest absolute Gasteiger partial charge is 0.121 e. The van der Waals surface area contributed by atoms with E-state index in [1.807, 2.05) is 48.5 Å². The molecule has 0 aliphatic carbocycles. The number of nitrogens with zero attached hydrogens (tertiary/aromatic N) is 4. The van der Waals surface area contributed by atoms with Crippen molar-refractivity contribution in [2.45, 2.75) is 12.1 Å². The fourth-order valence-electron chi connectivity index (χ4n) is 4.63. The van der Waals surface area contributed by atoms with Crippen molar-refractivity contribution in [1.82, 2.24) is 4.90 Å². The Bertz CT molecular complexity index is 1250. The van der Waals surface area contributed by atoms with Gasteiger partial charge < -0.3 is 19.8 Å². The van der Waals surface area contributed by atoms with Gasteiger partial charge in [0.15, 0.2) is 0 Å². The number of anilines is 1. The van der Waals surface area contributed by atoms with E-state index in [-0.39, 0.29) is 31.9 Å². The van der Waals surface area contributed by atoms with Gasteiger partial charge in [-0.3, -0.25) is 4.90 Å². The van der Waals surface area contributed by atoms with Crippen molar-refractivity contribution in [3.8, 4) is 17.9 Å². The molecule has 3 aromatic rings. The molecule has 0 unspecified atom stereocenters. The van der Waals surface area contributed by atoms with Crippen LogP contribution in [0.2, 0.25) is 5.02 Å². The second kappa shape index (κ2) is 11.9. The Morgan fingerprint density at radius 1 is 0.944 bits per heavy atom. The average Bonchev–Trinajstić information content (AvgIpc) is 2.93. The van der Waals surface area contributed by atoms with Crippen LogP contribution in [0.15, 0.2) is 66.7 Å². The van der Waals surface area contributed by atoms with E-state index in [4.69, 9.17) is 26.7 Å². The predicted octanol–water partition coefficient (Wildman–Crippen LogP) is 4.05. The second-order valence-electron chi connectivity index (χ2n) is 8.56. The molecule has 36 heavy (non-hydrogen) atoms. The Balaban J connectivity index is 1.65. The molecule has 1 aliphatic heterocycles. The summed E-state index contributed by atoms with van der Waals surface area (Å²) in [5, 5.41) is 38.2. The summed E-state index contributed by atoms with van der Waals surface area (Å²) in [6.45, 7) is 2.04. The molecule has 0 saturated carbocycles. The predicted molar refractivity (Wildman–Crippen MR) is 138 cm³/mol. The summed E-state index contributed by atoms with van der Waals surface area (Å²) >= 11 is 6.69. The number of piperazine rings is 1. The molecule has 0 bridgehead atoms. The minimum atomic E-state index is -0.217. The summed E-state index contributed by atoms with van der Waals surface area (Å²) in [6.07, 6.45) is 0. The molecule has 3 aromatic carbocycles. The number of hydrogen-bond acceptors (Lipinski definition) is 7. The minimum Gasteiger partial charge on any atom is -0.491 e. The van der Waals surface area contributed by atoms with Gasteiger partial charge in [0.2, 0.25) is 0 Å². The Kier molecular flexibility index (Phi) is 8.43. The van der Waals surface area contributed by atoms with E-state index in [9.17, 15) is 10.4 Å². The molecule has 0 spiro atoms. The van der Waals surface area contributed by atoms with E-state index < -0.39 is 0 Å². The van der Waals surface area contributed by atoms with Gasteiger partial charge in [-0.1, -0.05) is 35.9 Å². The fraction of sp³-hybridized carbons (Fsp3) is 0.286. The van der Waals surface area contributed by atoms with Crippen LogP contribution in [-0.4, -0.2) is 54.6 Å². The summed E-state index contributed by atoms with van der Waals surface area (Å²) in [7, 11) is 0. The maximum atomic E-state index is 10.3. The Morgan fingerprint density at radius 2 is 1.61 bits per heavy atom. The first-order chi connectivity index (χ1) is 17.6. The van der Waals surface area contributed by atoms with Crippen molar-refractivity contribution in [2.75, 3.05) is 44.4 Å². The van der Waals surface area contributed by atoms with Crippen LogP contribution in [-0.2, 0) is 0 Å². The molecule has 2 atom stereocenters. The molecule has 0 aromatic heterocycles. The highest BCUT2D eigenvalue weighted by atomic mass is 35.5. The monoisotopic (exact) mass is 502 g/mol.